The molecule has 0 amide bonds. The van der Waals surface area contributed by atoms with E-state index in [4.69, 9.17) is 4.74 Å². The molecule has 10 heteroatoms. The first-order valence-electron chi connectivity index (χ1n) is 7.43. The molecular formula is C17H11BrN2O6S. The van der Waals surface area contributed by atoms with E-state index in [0.717, 1.165) is 6.07 Å². The van der Waals surface area contributed by atoms with Crippen LogP contribution in [-0.2, 0) is 10.0 Å². The molecule has 3 rings (SSSR count). The first-order valence-corrected chi connectivity index (χ1v) is 9.66. The molecule has 0 aliphatic heterocycles. The van der Waals surface area contributed by atoms with Crippen molar-refractivity contribution in [2.24, 2.45) is 4.40 Å². The molecule has 138 valence electrons. The molecule has 2 aromatic rings. The number of carbonyl (C=O) groups is 1. The Hall–Kier alpha value is -2.85. The number of halogens is 1. The van der Waals surface area contributed by atoms with Crippen LogP contribution in [0.4, 0.5) is 5.69 Å². The highest BCUT2D eigenvalue weighted by Gasteiger charge is 2.26. The Morgan fingerprint density at radius 2 is 1.81 bits per heavy atom. The van der Waals surface area contributed by atoms with Crippen molar-refractivity contribution < 1.29 is 22.9 Å². The van der Waals surface area contributed by atoms with Gasteiger partial charge < -0.3 is 4.74 Å². The Kier molecular flexibility index (Phi) is 4.94. The van der Waals surface area contributed by atoms with Crippen molar-refractivity contribution in [2.75, 3.05) is 7.11 Å². The fourth-order valence-electron chi connectivity index (χ4n) is 2.53. The molecule has 1 aliphatic carbocycles. The number of carbonyl (C=O) groups excluding carboxylic acids is 1. The molecule has 8 nitrogen and oxygen atoms in total. The van der Waals surface area contributed by atoms with Gasteiger partial charge in [-0.1, -0.05) is 24.3 Å². The number of hydrogen-bond acceptors (Lipinski definition) is 6. The van der Waals surface area contributed by atoms with Crippen LogP contribution in [0.2, 0.25) is 0 Å². The molecule has 0 atom stereocenters. The number of ketones is 1. The van der Waals surface area contributed by atoms with Crippen molar-refractivity contribution in [3.05, 3.63) is 74.3 Å². The molecule has 0 aromatic heterocycles. The van der Waals surface area contributed by atoms with Crippen LogP contribution in [0.25, 0.3) is 0 Å². The van der Waals surface area contributed by atoms with E-state index in [1.54, 1.807) is 24.3 Å². The van der Waals surface area contributed by atoms with Gasteiger partial charge in [-0.3, -0.25) is 14.9 Å². The second kappa shape index (κ2) is 7.05. The minimum absolute atomic E-state index is 0.0514. The molecule has 1 aliphatic rings. The summed E-state index contributed by atoms with van der Waals surface area (Å²) in [6.07, 6.45) is 1.31. The standard InChI is InChI=1S/C17H11BrN2O6S/c1-26-16-7-6-10(8-15(16)20(22)23)27(24,25)19-14-9-13(18)17(21)12-5-3-2-4-11(12)14/h2-9H,1H3. The molecule has 0 bridgehead atoms. The van der Waals surface area contributed by atoms with Crippen LogP contribution in [0.1, 0.15) is 15.9 Å². The van der Waals surface area contributed by atoms with Crippen LogP contribution in [0.3, 0.4) is 0 Å². The Morgan fingerprint density at radius 1 is 1.15 bits per heavy atom. The van der Waals surface area contributed by atoms with E-state index in [1.165, 1.54) is 25.3 Å². The van der Waals surface area contributed by atoms with Gasteiger partial charge in [0.05, 0.1) is 27.1 Å². The van der Waals surface area contributed by atoms with Gasteiger partial charge >= 0.3 is 5.69 Å². The zero-order valence-electron chi connectivity index (χ0n) is 13.7. The van der Waals surface area contributed by atoms with Gasteiger partial charge in [-0.25, -0.2) is 0 Å². The second-order valence-corrected chi connectivity index (χ2v) is 7.87. The largest absolute Gasteiger partial charge is 0.490 e. The molecule has 0 saturated carbocycles. The highest BCUT2D eigenvalue weighted by molar-refractivity contribution is 9.12. The lowest BCUT2D eigenvalue weighted by atomic mass is 9.94. The Labute approximate surface area is 162 Å². The summed E-state index contributed by atoms with van der Waals surface area (Å²) in [5.74, 6) is -0.357. The highest BCUT2D eigenvalue weighted by atomic mass is 79.9. The van der Waals surface area contributed by atoms with Crippen molar-refractivity contribution in [1.82, 2.24) is 0 Å². The molecule has 0 spiro atoms. The number of benzene rings is 2. The minimum Gasteiger partial charge on any atom is -0.490 e. The second-order valence-electron chi connectivity index (χ2n) is 5.41. The number of sulfonamides is 1. The monoisotopic (exact) mass is 450 g/mol. The summed E-state index contributed by atoms with van der Waals surface area (Å²) in [6.45, 7) is 0. The molecule has 0 radical (unpaired) electrons. The third-order valence-electron chi connectivity index (χ3n) is 3.79. The molecule has 27 heavy (non-hydrogen) atoms. The van der Waals surface area contributed by atoms with E-state index < -0.39 is 20.6 Å². The van der Waals surface area contributed by atoms with E-state index in [-0.39, 0.29) is 26.6 Å². The third-order valence-corrected chi connectivity index (χ3v) is 5.67. The van der Waals surface area contributed by atoms with E-state index in [1.807, 2.05) is 0 Å². The summed E-state index contributed by atoms with van der Waals surface area (Å²) in [6, 6.07) is 9.69. The van der Waals surface area contributed by atoms with Gasteiger partial charge in [0.25, 0.3) is 10.0 Å². The summed E-state index contributed by atoms with van der Waals surface area (Å²) in [5.41, 5.74) is 0.226. The Bertz CT molecular complexity index is 1140. The lowest BCUT2D eigenvalue weighted by Crippen LogP contribution is -2.16. The van der Waals surface area contributed by atoms with Crippen molar-refractivity contribution in [3.8, 4) is 5.75 Å². The Morgan fingerprint density at radius 3 is 2.44 bits per heavy atom. The van der Waals surface area contributed by atoms with E-state index in [0.29, 0.717) is 11.1 Å². The fraction of sp³-hybridized carbons (Fsp3) is 0.0588. The highest BCUT2D eigenvalue weighted by Crippen LogP contribution is 2.31. The number of nitro groups is 1. The number of allylic oxidation sites excluding steroid dienone is 2. The Balaban J connectivity index is 2.15. The number of Topliss-reactive ketones (excluding diaryl/α,β-unsaturated/α-hetero) is 1. The fourth-order valence-corrected chi connectivity index (χ4v) is 3.97. The molecule has 0 saturated heterocycles. The zero-order valence-corrected chi connectivity index (χ0v) is 16.2. The van der Waals surface area contributed by atoms with Crippen LogP contribution < -0.4 is 4.74 Å². The normalized spacial score (nSPS) is 15.3. The average molecular weight is 451 g/mol. The third kappa shape index (κ3) is 3.53. The first-order chi connectivity index (χ1) is 12.7. The summed E-state index contributed by atoms with van der Waals surface area (Å²) < 4.78 is 34.2. The number of rotatable bonds is 4. The number of nitro benzene ring substituents is 1. The van der Waals surface area contributed by atoms with Crippen LogP contribution >= 0.6 is 15.9 Å². The SMILES string of the molecule is COc1ccc(S(=O)(=O)N=C2C=C(Br)C(=O)c3ccccc32)cc1[N+](=O)[O-]. The summed E-state index contributed by atoms with van der Waals surface area (Å²) >= 11 is 3.11. The molecule has 2 aromatic carbocycles. The first kappa shape index (κ1) is 18.9. The van der Waals surface area contributed by atoms with Gasteiger partial charge in [0.2, 0.25) is 5.78 Å². The molecule has 0 fully saturated rings. The van der Waals surface area contributed by atoms with Crippen LogP contribution in [0, 0.1) is 10.1 Å². The van der Waals surface area contributed by atoms with Crippen LogP contribution in [-0.4, -0.2) is 31.9 Å². The van der Waals surface area contributed by atoms with Gasteiger partial charge in [0.1, 0.15) is 0 Å². The summed E-state index contributed by atoms with van der Waals surface area (Å²) in [5, 5.41) is 11.1. The smallest absolute Gasteiger partial charge is 0.312 e. The number of nitrogens with zero attached hydrogens (tertiary/aromatic N) is 2. The average Bonchev–Trinajstić information content (AvgIpc) is 2.65. The maximum atomic E-state index is 12.7. The minimum atomic E-state index is -4.27. The molecule has 0 heterocycles. The number of methoxy groups -OCH3 is 1. The van der Waals surface area contributed by atoms with Gasteiger partial charge in [0, 0.05) is 17.2 Å². The van der Waals surface area contributed by atoms with Crippen molar-refractivity contribution in [1.29, 1.82) is 0 Å². The number of ether oxygens (including phenoxy) is 1. The maximum absolute atomic E-state index is 12.7. The molecular weight excluding hydrogens is 440 g/mol. The topological polar surface area (TPSA) is 116 Å². The quantitative estimate of drug-likeness (QED) is 0.521. The molecule has 0 unspecified atom stereocenters. The van der Waals surface area contributed by atoms with Gasteiger partial charge in [0.15, 0.2) is 5.75 Å². The van der Waals surface area contributed by atoms with Gasteiger partial charge in [-0.2, -0.15) is 12.8 Å². The summed E-state index contributed by atoms with van der Waals surface area (Å²) in [4.78, 5) is 22.2. The van der Waals surface area contributed by atoms with Crippen molar-refractivity contribution >= 4 is 43.1 Å². The zero-order chi connectivity index (χ0) is 19.8. The summed E-state index contributed by atoms with van der Waals surface area (Å²) in [7, 11) is -3.03. The number of hydrogen-bond donors (Lipinski definition) is 0. The lowest BCUT2D eigenvalue weighted by molar-refractivity contribution is -0.386. The van der Waals surface area contributed by atoms with E-state index in [9.17, 15) is 23.3 Å². The lowest BCUT2D eigenvalue weighted by Gasteiger charge is -2.14. The van der Waals surface area contributed by atoms with Crippen molar-refractivity contribution in [3.63, 3.8) is 0 Å². The van der Waals surface area contributed by atoms with Crippen LogP contribution in [0.15, 0.2) is 62.3 Å². The van der Waals surface area contributed by atoms with Crippen LogP contribution in [0.5, 0.6) is 5.75 Å². The van der Waals surface area contributed by atoms with E-state index >= 15 is 0 Å². The number of fused-ring (bicyclic) bond motifs is 1. The maximum Gasteiger partial charge on any atom is 0.312 e. The van der Waals surface area contributed by atoms with E-state index in [2.05, 4.69) is 20.3 Å². The predicted octanol–water partition coefficient (Wildman–Crippen LogP) is 3.26. The van der Waals surface area contributed by atoms with Crippen molar-refractivity contribution in [2.45, 2.75) is 4.90 Å². The predicted molar refractivity (Wildman–Crippen MR) is 101 cm³/mol. The van der Waals surface area contributed by atoms with Gasteiger partial charge in [-0.05, 0) is 34.1 Å². The van der Waals surface area contributed by atoms with Gasteiger partial charge in [-0.15, -0.1) is 0 Å². The molecule has 0 N–H and O–H groups in total.